The predicted molar refractivity (Wildman–Crippen MR) is 74.6 cm³/mol. The fourth-order valence-corrected chi connectivity index (χ4v) is 1.89. The van der Waals surface area contributed by atoms with Gasteiger partial charge < -0.3 is 10.0 Å². The van der Waals surface area contributed by atoms with Crippen LogP contribution in [-0.2, 0) is 4.79 Å². The van der Waals surface area contributed by atoms with Crippen LogP contribution in [0.2, 0.25) is 5.15 Å². The standard InChI is InChI=1S/C14H17ClN2O2/c1-17(9-12(18)11-4-5-11)14(19)7-3-10-2-6-13(15)16-8-10/h2-3,6-8,11-12,18H,4-5,9H2,1H3/b7-3+. The number of hydrogen-bond donors (Lipinski definition) is 1. The summed E-state index contributed by atoms with van der Waals surface area (Å²) in [6, 6.07) is 3.46. The molecule has 2 rings (SSSR count). The summed E-state index contributed by atoms with van der Waals surface area (Å²) in [6.07, 6.45) is 6.49. The number of carbonyl (C=O) groups excluding carboxylic acids is 1. The zero-order valence-electron chi connectivity index (χ0n) is 10.8. The van der Waals surface area contributed by atoms with Gasteiger partial charge in [-0.3, -0.25) is 4.79 Å². The maximum Gasteiger partial charge on any atom is 0.246 e. The van der Waals surface area contributed by atoms with Gasteiger partial charge in [0.25, 0.3) is 0 Å². The van der Waals surface area contributed by atoms with Crippen LogP contribution in [0.1, 0.15) is 18.4 Å². The third kappa shape index (κ3) is 4.33. The van der Waals surface area contributed by atoms with E-state index in [0.29, 0.717) is 17.6 Å². The van der Waals surface area contributed by atoms with E-state index in [1.165, 1.54) is 11.0 Å². The summed E-state index contributed by atoms with van der Waals surface area (Å²) in [7, 11) is 1.69. The van der Waals surface area contributed by atoms with E-state index in [-0.39, 0.29) is 5.91 Å². The van der Waals surface area contributed by atoms with E-state index in [2.05, 4.69) is 4.98 Å². The van der Waals surface area contributed by atoms with Gasteiger partial charge in [0.15, 0.2) is 0 Å². The Kier molecular flexibility index (Phi) is 4.56. The highest BCUT2D eigenvalue weighted by Crippen LogP contribution is 2.32. The Balaban J connectivity index is 1.86. The second-order valence-electron chi connectivity index (χ2n) is 4.87. The number of aliphatic hydroxyl groups excluding tert-OH is 1. The smallest absolute Gasteiger partial charge is 0.246 e. The minimum atomic E-state index is -0.403. The molecule has 4 nitrogen and oxygen atoms in total. The van der Waals surface area contributed by atoms with Crippen molar-refractivity contribution < 1.29 is 9.90 Å². The first kappa shape index (κ1) is 14.0. The highest BCUT2D eigenvalue weighted by Gasteiger charge is 2.30. The normalized spacial score (nSPS) is 16.6. The average Bonchev–Trinajstić information content (AvgIpc) is 3.21. The van der Waals surface area contributed by atoms with Crippen molar-refractivity contribution in [2.45, 2.75) is 18.9 Å². The first-order chi connectivity index (χ1) is 9.06. The molecular formula is C14H17ClN2O2. The number of hydrogen-bond acceptors (Lipinski definition) is 3. The number of aromatic nitrogens is 1. The third-order valence-corrected chi connectivity index (χ3v) is 3.40. The second-order valence-corrected chi connectivity index (χ2v) is 5.26. The molecule has 1 saturated carbocycles. The summed E-state index contributed by atoms with van der Waals surface area (Å²) in [5, 5.41) is 10.2. The lowest BCUT2D eigenvalue weighted by molar-refractivity contribution is -0.126. The Bertz CT molecular complexity index is 469. The summed E-state index contributed by atoms with van der Waals surface area (Å²) >= 11 is 5.68. The molecule has 0 bridgehead atoms. The van der Waals surface area contributed by atoms with E-state index in [0.717, 1.165) is 18.4 Å². The monoisotopic (exact) mass is 280 g/mol. The molecule has 0 spiro atoms. The largest absolute Gasteiger partial charge is 0.391 e. The molecule has 1 aliphatic carbocycles. The summed E-state index contributed by atoms with van der Waals surface area (Å²) in [5.74, 6) is 0.245. The number of nitrogens with zero attached hydrogens (tertiary/aromatic N) is 2. The van der Waals surface area contributed by atoms with Crippen molar-refractivity contribution in [3.63, 3.8) is 0 Å². The number of rotatable bonds is 5. The van der Waals surface area contributed by atoms with Crippen molar-refractivity contribution in [2.75, 3.05) is 13.6 Å². The van der Waals surface area contributed by atoms with Crippen LogP contribution in [0.4, 0.5) is 0 Å². The van der Waals surface area contributed by atoms with Gasteiger partial charge in [-0.05, 0) is 36.5 Å². The van der Waals surface area contributed by atoms with E-state index in [1.807, 2.05) is 0 Å². The van der Waals surface area contributed by atoms with Crippen LogP contribution in [0.3, 0.4) is 0 Å². The van der Waals surface area contributed by atoms with E-state index in [9.17, 15) is 9.90 Å². The lowest BCUT2D eigenvalue weighted by Gasteiger charge is -2.19. The van der Waals surface area contributed by atoms with Gasteiger partial charge >= 0.3 is 0 Å². The van der Waals surface area contributed by atoms with Crippen molar-refractivity contribution in [3.8, 4) is 0 Å². The molecule has 19 heavy (non-hydrogen) atoms. The molecule has 0 radical (unpaired) electrons. The number of halogens is 1. The SMILES string of the molecule is CN(CC(O)C1CC1)C(=O)/C=C/c1ccc(Cl)nc1. The topological polar surface area (TPSA) is 53.4 Å². The molecule has 1 unspecified atom stereocenters. The summed E-state index contributed by atoms with van der Waals surface area (Å²) in [4.78, 5) is 17.3. The number of likely N-dealkylation sites (N-methyl/N-ethyl adjacent to an activating group) is 1. The zero-order valence-corrected chi connectivity index (χ0v) is 11.5. The third-order valence-electron chi connectivity index (χ3n) is 3.17. The van der Waals surface area contributed by atoms with Crippen LogP contribution in [0.5, 0.6) is 0 Å². The van der Waals surface area contributed by atoms with Crippen molar-refractivity contribution >= 4 is 23.6 Å². The highest BCUT2D eigenvalue weighted by molar-refractivity contribution is 6.29. The van der Waals surface area contributed by atoms with Crippen LogP contribution in [0, 0.1) is 5.92 Å². The molecule has 0 aromatic carbocycles. The van der Waals surface area contributed by atoms with E-state index in [4.69, 9.17) is 11.6 Å². The van der Waals surface area contributed by atoms with Gasteiger partial charge in [-0.25, -0.2) is 4.98 Å². The molecule has 1 fully saturated rings. The molecule has 1 aromatic rings. The first-order valence-corrected chi connectivity index (χ1v) is 6.67. The Hall–Kier alpha value is -1.39. The van der Waals surface area contributed by atoms with E-state index in [1.54, 1.807) is 31.5 Å². The van der Waals surface area contributed by atoms with Gasteiger partial charge in [0.05, 0.1) is 6.10 Å². The average molecular weight is 281 g/mol. The molecule has 1 atom stereocenters. The van der Waals surface area contributed by atoms with Crippen molar-refractivity contribution in [2.24, 2.45) is 5.92 Å². The predicted octanol–water partition coefficient (Wildman–Crippen LogP) is 1.98. The summed E-state index contributed by atoms with van der Waals surface area (Å²) in [5.41, 5.74) is 0.814. The Labute approximate surface area is 117 Å². The van der Waals surface area contributed by atoms with Gasteiger partial charge in [0.2, 0.25) is 5.91 Å². The Morgan fingerprint density at radius 2 is 2.37 bits per heavy atom. The van der Waals surface area contributed by atoms with E-state index < -0.39 is 6.10 Å². The molecule has 0 saturated heterocycles. The van der Waals surface area contributed by atoms with E-state index >= 15 is 0 Å². The molecule has 1 amide bonds. The number of amides is 1. The van der Waals surface area contributed by atoms with Crippen LogP contribution in [-0.4, -0.2) is 40.6 Å². The van der Waals surface area contributed by atoms with Gasteiger partial charge in [0.1, 0.15) is 5.15 Å². The van der Waals surface area contributed by atoms with Gasteiger partial charge in [-0.15, -0.1) is 0 Å². The molecule has 1 N–H and O–H groups in total. The van der Waals surface area contributed by atoms with Crippen molar-refractivity contribution in [3.05, 3.63) is 35.1 Å². The molecule has 1 aromatic heterocycles. The maximum absolute atomic E-state index is 11.8. The Morgan fingerprint density at radius 1 is 1.63 bits per heavy atom. The summed E-state index contributed by atoms with van der Waals surface area (Å²) < 4.78 is 0. The van der Waals surface area contributed by atoms with Crippen molar-refractivity contribution in [1.29, 1.82) is 0 Å². The number of pyridine rings is 1. The molecule has 102 valence electrons. The van der Waals surface area contributed by atoms with Gasteiger partial charge in [0, 0.05) is 25.9 Å². The maximum atomic E-state index is 11.8. The second kappa shape index (κ2) is 6.17. The molecule has 0 aliphatic heterocycles. The lowest BCUT2D eigenvalue weighted by Crippen LogP contribution is -2.34. The first-order valence-electron chi connectivity index (χ1n) is 6.29. The fourth-order valence-electron chi connectivity index (χ4n) is 1.78. The minimum Gasteiger partial charge on any atom is -0.391 e. The van der Waals surface area contributed by atoms with Crippen molar-refractivity contribution in [1.82, 2.24) is 9.88 Å². The van der Waals surface area contributed by atoms with Gasteiger partial charge in [-0.2, -0.15) is 0 Å². The molecule has 5 heteroatoms. The number of aliphatic hydroxyl groups is 1. The van der Waals surface area contributed by atoms with Crippen LogP contribution >= 0.6 is 11.6 Å². The Morgan fingerprint density at radius 3 is 2.95 bits per heavy atom. The molecule has 1 heterocycles. The molecule has 1 aliphatic rings. The summed E-state index contributed by atoms with van der Waals surface area (Å²) in [6.45, 7) is 0.382. The van der Waals surface area contributed by atoms with Crippen LogP contribution in [0.25, 0.3) is 6.08 Å². The fraction of sp³-hybridized carbons (Fsp3) is 0.429. The van der Waals surface area contributed by atoms with Gasteiger partial charge in [-0.1, -0.05) is 17.7 Å². The van der Waals surface area contributed by atoms with Crippen LogP contribution < -0.4 is 0 Å². The lowest BCUT2D eigenvalue weighted by atomic mass is 10.2. The highest BCUT2D eigenvalue weighted by atomic mass is 35.5. The molecular weight excluding hydrogens is 264 g/mol. The minimum absolute atomic E-state index is 0.130. The zero-order chi connectivity index (χ0) is 13.8. The number of carbonyl (C=O) groups is 1. The van der Waals surface area contributed by atoms with Crippen LogP contribution in [0.15, 0.2) is 24.4 Å². The quantitative estimate of drug-likeness (QED) is 0.663.